The molecule has 0 atom stereocenters. The van der Waals surface area contributed by atoms with Gasteiger partial charge in [-0.1, -0.05) is 19.3 Å². The van der Waals surface area contributed by atoms with Crippen molar-refractivity contribution in [1.82, 2.24) is 4.90 Å². The number of rotatable bonds is 1. The Morgan fingerprint density at radius 1 is 0.850 bits per heavy atom. The monoisotopic (exact) mass is 299 g/mol. The third-order valence-corrected chi connectivity index (χ3v) is 4.65. The van der Waals surface area contributed by atoms with Crippen LogP contribution < -0.4 is 0 Å². The number of nitrogens with zero attached hydrogens (tertiary/aromatic N) is 1. The second-order valence-corrected chi connectivity index (χ2v) is 5.93. The van der Waals surface area contributed by atoms with Gasteiger partial charge in [0.25, 0.3) is 0 Å². The van der Waals surface area contributed by atoms with Crippen molar-refractivity contribution in [2.45, 2.75) is 57.0 Å². The number of halogens is 5. The highest BCUT2D eigenvalue weighted by Crippen LogP contribution is 2.45. The van der Waals surface area contributed by atoms with Gasteiger partial charge in [0.2, 0.25) is 0 Å². The van der Waals surface area contributed by atoms with E-state index in [2.05, 4.69) is 0 Å². The molecule has 20 heavy (non-hydrogen) atoms. The first-order chi connectivity index (χ1) is 9.18. The molecule has 1 amide bonds. The maximum absolute atomic E-state index is 13.0. The van der Waals surface area contributed by atoms with E-state index >= 15 is 0 Å². The highest BCUT2D eigenvalue weighted by Gasteiger charge is 2.64. The van der Waals surface area contributed by atoms with Crippen molar-refractivity contribution in [3.8, 4) is 0 Å². The Hall–Kier alpha value is -0.880. The molecule has 0 aromatic carbocycles. The fraction of sp³-hybridized carbons (Fsp3) is 0.923. The van der Waals surface area contributed by atoms with Gasteiger partial charge in [0, 0.05) is 13.1 Å². The summed E-state index contributed by atoms with van der Waals surface area (Å²) in [5.41, 5.74) is 0.0581. The van der Waals surface area contributed by atoms with Crippen LogP contribution in [0.3, 0.4) is 0 Å². The fourth-order valence-electron chi connectivity index (χ4n) is 3.31. The number of alkyl halides is 5. The predicted octanol–water partition coefficient (Wildman–Crippen LogP) is 3.76. The lowest BCUT2D eigenvalue weighted by atomic mass is 9.68. The summed E-state index contributed by atoms with van der Waals surface area (Å²) in [5, 5.41) is 0. The smallest absolute Gasteiger partial charge is 0.337 e. The minimum Gasteiger partial charge on any atom is -0.337 e. The van der Waals surface area contributed by atoms with E-state index < -0.39 is 18.0 Å². The van der Waals surface area contributed by atoms with E-state index in [-0.39, 0.29) is 18.5 Å². The summed E-state index contributed by atoms with van der Waals surface area (Å²) in [4.78, 5) is 12.1. The number of likely N-dealkylation sites (tertiary alicyclic amines) is 1. The zero-order valence-electron chi connectivity index (χ0n) is 11.1. The summed E-state index contributed by atoms with van der Waals surface area (Å²) in [7, 11) is 0. The molecular weight excluding hydrogens is 281 g/mol. The lowest BCUT2D eigenvalue weighted by Gasteiger charge is -2.44. The molecular formula is C13H18F5NO. The van der Waals surface area contributed by atoms with Crippen LogP contribution >= 0.6 is 0 Å². The Bertz CT molecular complexity index is 363. The summed E-state index contributed by atoms with van der Waals surface area (Å²) in [6.45, 7) is 0.00894. The summed E-state index contributed by atoms with van der Waals surface area (Å²) in [5.74, 6) is -7.37. The molecule has 0 unspecified atom stereocenters. The summed E-state index contributed by atoms with van der Waals surface area (Å²) in [6, 6.07) is 0. The molecule has 1 spiro atoms. The second kappa shape index (κ2) is 5.15. The summed E-state index contributed by atoms with van der Waals surface area (Å²) < 4.78 is 62.6. The Morgan fingerprint density at radius 3 is 1.80 bits per heavy atom. The average Bonchev–Trinajstić information content (AvgIpc) is 2.38. The highest BCUT2D eigenvalue weighted by atomic mass is 19.4. The lowest BCUT2D eigenvalue weighted by Crippen LogP contribution is -2.55. The van der Waals surface area contributed by atoms with Crippen LogP contribution in [0.25, 0.3) is 0 Å². The van der Waals surface area contributed by atoms with E-state index in [1.807, 2.05) is 0 Å². The zero-order valence-corrected chi connectivity index (χ0v) is 11.1. The quantitative estimate of drug-likeness (QED) is 0.675. The van der Waals surface area contributed by atoms with E-state index in [4.69, 9.17) is 0 Å². The standard InChI is InChI=1S/C13H18F5NO/c14-12(15,13(16,17)18)10(20)19-8-6-11(7-9-19)4-2-1-3-5-11/h1-9H2. The van der Waals surface area contributed by atoms with Gasteiger partial charge < -0.3 is 4.90 Å². The molecule has 1 aliphatic carbocycles. The molecule has 0 radical (unpaired) electrons. The molecule has 1 heterocycles. The lowest BCUT2D eigenvalue weighted by molar-refractivity contribution is -0.275. The normalized spacial score (nSPS) is 23.9. The van der Waals surface area contributed by atoms with Crippen molar-refractivity contribution in [2.75, 3.05) is 13.1 Å². The van der Waals surface area contributed by atoms with Crippen LogP contribution in [0.2, 0.25) is 0 Å². The van der Waals surface area contributed by atoms with Gasteiger partial charge in [-0.25, -0.2) is 0 Å². The highest BCUT2D eigenvalue weighted by molar-refractivity contribution is 5.84. The van der Waals surface area contributed by atoms with Crippen LogP contribution in [-0.4, -0.2) is 36.0 Å². The van der Waals surface area contributed by atoms with Gasteiger partial charge in [-0.3, -0.25) is 4.79 Å². The van der Waals surface area contributed by atoms with Crippen molar-refractivity contribution in [1.29, 1.82) is 0 Å². The van der Waals surface area contributed by atoms with Crippen molar-refractivity contribution in [2.24, 2.45) is 5.41 Å². The van der Waals surface area contributed by atoms with Crippen LogP contribution in [0.1, 0.15) is 44.9 Å². The Labute approximate surface area is 114 Å². The van der Waals surface area contributed by atoms with Gasteiger partial charge in [-0.15, -0.1) is 0 Å². The molecule has 1 aliphatic heterocycles. The molecule has 1 saturated carbocycles. The van der Waals surface area contributed by atoms with Crippen LogP contribution in [0.5, 0.6) is 0 Å². The van der Waals surface area contributed by atoms with Gasteiger partial charge in [-0.05, 0) is 31.1 Å². The molecule has 2 fully saturated rings. The molecule has 0 aromatic heterocycles. The van der Waals surface area contributed by atoms with E-state index in [1.54, 1.807) is 0 Å². The third-order valence-electron chi connectivity index (χ3n) is 4.65. The van der Waals surface area contributed by atoms with Crippen LogP contribution in [-0.2, 0) is 4.79 Å². The molecule has 116 valence electrons. The van der Waals surface area contributed by atoms with Crippen molar-refractivity contribution < 1.29 is 26.7 Å². The topological polar surface area (TPSA) is 20.3 Å². The predicted molar refractivity (Wildman–Crippen MR) is 62.3 cm³/mol. The number of carbonyl (C=O) groups is 1. The van der Waals surface area contributed by atoms with Gasteiger partial charge in [0.1, 0.15) is 0 Å². The largest absolute Gasteiger partial charge is 0.463 e. The molecule has 0 bridgehead atoms. The number of carbonyl (C=O) groups excluding carboxylic acids is 1. The maximum Gasteiger partial charge on any atom is 0.463 e. The maximum atomic E-state index is 13.0. The fourth-order valence-corrected chi connectivity index (χ4v) is 3.31. The SMILES string of the molecule is O=C(N1CCC2(CCCCC2)CC1)C(F)(F)C(F)(F)F. The molecule has 0 aromatic rings. The van der Waals surface area contributed by atoms with Crippen LogP contribution in [0, 0.1) is 5.41 Å². The Balaban J connectivity index is 1.98. The Morgan fingerprint density at radius 2 is 1.35 bits per heavy atom. The van der Waals surface area contributed by atoms with Crippen molar-refractivity contribution in [3.63, 3.8) is 0 Å². The first-order valence-corrected chi connectivity index (χ1v) is 6.92. The number of hydrogen-bond donors (Lipinski definition) is 0. The molecule has 7 heteroatoms. The summed E-state index contributed by atoms with van der Waals surface area (Å²) >= 11 is 0. The third kappa shape index (κ3) is 2.76. The summed E-state index contributed by atoms with van der Waals surface area (Å²) in [6.07, 6.45) is 0.536. The minimum absolute atomic E-state index is 0.00447. The number of hydrogen-bond acceptors (Lipinski definition) is 1. The number of amides is 1. The average molecular weight is 299 g/mol. The molecule has 2 rings (SSSR count). The minimum atomic E-state index is -5.82. The number of piperidine rings is 1. The van der Waals surface area contributed by atoms with Crippen LogP contribution in [0.4, 0.5) is 22.0 Å². The van der Waals surface area contributed by atoms with Crippen LogP contribution in [0.15, 0.2) is 0 Å². The zero-order chi connectivity index (χ0) is 15.0. The van der Waals surface area contributed by atoms with Gasteiger partial charge in [0.15, 0.2) is 0 Å². The molecule has 0 N–H and O–H groups in total. The first kappa shape index (κ1) is 15.5. The van der Waals surface area contributed by atoms with Crippen molar-refractivity contribution >= 4 is 5.91 Å². The first-order valence-electron chi connectivity index (χ1n) is 6.92. The van der Waals surface area contributed by atoms with Crippen molar-refractivity contribution in [3.05, 3.63) is 0 Å². The van der Waals surface area contributed by atoms with Gasteiger partial charge in [-0.2, -0.15) is 22.0 Å². The van der Waals surface area contributed by atoms with E-state index in [1.165, 1.54) is 0 Å². The Kier molecular flexibility index (Phi) is 3.99. The van der Waals surface area contributed by atoms with E-state index in [0.717, 1.165) is 32.1 Å². The van der Waals surface area contributed by atoms with Gasteiger partial charge in [0.05, 0.1) is 0 Å². The van der Waals surface area contributed by atoms with Gasteiger partial charge >= 0.3 is 18.0 Å². The second-order valence-electron chi connectivity index (χ2n) is 5.93. The molecule has 2 aliphatic rings. The molecule has 1 saturated heterocycles. The molecule has 2 nitrogen and oxygen atoms in total. The van der Waals surface area contributed by atoms with E-state index in [0.29, 0.717) is 17.7 Å². The van der Waals surface area contributed by atoms with E-state index in [9.17, 15) is 26.7 Å².